The monoisotopic (exact) mass is 313 g/mol. The van der Waals surface area contributed by atoms with E-state index in [-0.39, 0.29) is 11.9 Å². The number of benzene rings is 2. The van der Waals surface area contributed by atoms with Gasteiger partial charge in [0, 0.05) is 5.56 Å². The maximum absolute atomic E-state index is 12.4. The van der Waals surface area contributed by atoms with E-state index in [0.29, 0.717) is 0 Å². The maximum atomic E-state index is 12.4. The second-order valence-corrected chi connectivity index (χ2v) is 5.50. The van der Waals surface area contributed by atoms with E-state index >= 15 is 0 Å². The summed E-state index contributed by atoms with van der Waals surface area (Å²) in [5, 5.41) is 2.97. The van der Waals surface area contributed by atoms with Crippen molar-refractivity contribution in [3.05, 3.63) is 59.7 Å². The quantitative estimate of drug-likeness (QED) is 0.885. The van der Waals surface area contributed by atoms with Gasteiger partial charge in [0.1, 0.15) is 11.5 Å². The molecule has 0 aliphatic carbocycles. The van der Waals surface area contributed by atoms with Gasteiger partial charge in [-0.3, -0.25) is 4.79 Å². The molecule has 0 aliphatic rings. The zero-order valence-electron chi connectivity index (χ0n) is 14.0. The lowest BCUT2D eigenvalue weighted by Gasteiger charge is -2.21. The molecular weight excluding hydrogens is 290 g/mol. The summed E-state index contributed by atoms with van der Waals surface area (Å²) in [4.78, 5) is 12.4. The Hall–Kier alpha value is -2.49. The first-order valence-corrected chi connectivity index (χ1v) is 7.68. The molecule has 0 spiro atoms. The van der Waals surface area contributed by atoms with E-state index in [2.05, 4.69) is 5.32 Å². The molecular formula is C19H23NO3. The number of methoxy groups -OCH3 is 1. The normalized spacial score (nSPS) is 13.0. The molecule has 2 aromatic rings. The third kappa shape index (κ3) is 4.25. The van der Waals surface area contributed by atoms with Crippen LogP contribution in [0.25, 0.3) is 0 Å². The highest BCUT2D eigenvalue weighted by molar-refractivity contribution is 5.81. The van der Waals surface area contributed by atoms with Gasteiger partial charge in [-0.05, 0) is 38.5 Å². The molecule has 0 bridgehead atoms. The zero-order chi connectivity index (χ0) is 16.8. The predicted molar refractivity (Wildman–Crippen MR) is 90.8 cm³/mol. The van der Waals surface area contributed by atoms with E-state index < -0.39 is 6.10 Å². The summed E-state index contributed by atoms with van der Waals surface area (Å²) in [6.45, 7) is 5.63. The molecule has 2 aromatic carbocycles. The predicted octanol–water partition coefficient (Wildman–Crippen LogP) is 3.65. The minimum absolute atomic E-state index is 0.161. The smallest absolute Gasteiger partial charge is 0.261 e. The van der Waals surface area contributed by atoms with Crippen LogP contribution in [-0.4, -0.2) is 19.1 Å². The summed E-state index contributed by atoms with van der Waals surface area (Å²) in [6, 6.07) is 15.1. The highest BCUT2D eigenvalue weighted by Crippen LogP contribution is 2.24. The second-order valence-electron chi connectivity index (χ2n) is 5.50. The number of aryl methyl sites for hydroxylation is 1. The molecule has 0 fully saturated rings. The molecule has 4 heteroatoms. The molecule has 1 N–H and O–H groups in total. The number of rotatable bonds is 6. The van der Waals surface area contributed by atoms with Crippen LogP contribution >= 0.6 is 0 Å². The summed E-state index contributed by atoms with van der Waals surface area (Å²) in [5.41, 5.74) is 1.94. The Bertz CT molecular complexity index is 669. The summed E-state index contributed by atoms with van der Waals surface area (Å²) in [5.74, 6) is 1.32. The molecule has 1 amide bonds. The molecule has 0 aliphatic heterocycles. The third-order valence-corrected chi connectivity index (χ3v) is 3.73. The fourth-order valence-corrected chi connectivity index (χ4v) is 2.37. The van der Waals surface area contributed by atoms with Gasteiger partial charge in [0.05, 0.1) is 13.2 Å². The van der Waals surface area contributed by atoms with E-state index in [1.807, 2.05) is 62.4 Å². The number of carbonyl (C=O) groups is 1. The first-order chi connectivity index (χ1) is 11.0. The van der Waals surface area contributed by atoms with E-state index in [0.717, 1.165) is 22.6 Å². The molecule has 2 rings (SSSR count). The lowest BCUT2D eigenvalue weighted by molar-refractivity contribution is -0.127. The molecule has 0 heterocycles. The fraction of sp³-hybridized carbons (Fsp3) is 0.316. The van der Waals surface area contributed by atoms with Crippen LogP contribution in [0.2, 0.25) is 0 Å². The summed E-state index contributed by atoms with van der Waals surface area (Å²) >= 11 is 0. The summed E-state index contributed by atoms with van der Waals surface area (Å²) in [6.07, 6.45) is -0.576. The van der Waals surface area contributed by atoms with E-state index in [9.17, 15) is 4.79 Å². The van der Waals surface area contributed by atoms with Crippen LogP contribution in [0.5, 0.6) is 11.5 Å². The Morgan fingerprint density at radius 1 is 1.00 bits per heavy atom. The molecule has 2 atom stereocenters. The van der Waals surface area contributed by atoms with Crippen molar-refractivity contribution in [1.82, 2.24) is 5.32 Å². The Morgan fingerprint density at radius 2 is 1.61 bits per heavy atom. The van der Waals surface area contributed by atoms with Gasteiger partial charge in [0.2, 0.25) is 0 Å². The molecule has 0 saturated heterocycles. The highest BCUT2D eigenvalue weighted by atomic mass is 16.5. The Morgan fingerprint density at radius 3 is 2.26 bits per heavy atom. The first-order valence-electron chi connectivity index (χ1n) is 7.68. The van der Waals surface area contributed by atoms with Crippen molar-refractivity contribution in [1.29, 1.82) is 0 Å². The van der Waals surface area contributed by atoms with E-state index in [4.69, 9.17) is 9.47 Å². The number of para-hydroxylation sites is 2. The summed E-state index contributed by atoms with van der Waals surface area (Å²) < 4.78 is 11.1. The lowest BCUT2D eigenvalue weighted by atomic mass is 10.1. The zero-order valence-corrected chi connectivity index (χ0v) is 14.0. The molecule has 0 radical (unpaired) electrons. The van der Waals surface area contributed by atoms with Gasteiger partial charge in [-0.2, -0.15) is 0 Å². The van der Waals surface area contributed by atoms with Crippen molar-refractivity contribution in [2.75, 3.05) is 7.11 Å². The van der Waals surface area contributed by atoms with Gasteiger partial charge < -0.3 is 14.8 Å². The van der Waals surface area contributed by atoms with Crippen molar-refractivity contribution in [2.24, 2.45) is 0 Å². The maximum Gasteiger partial charge on any atom is 0.261 e. The van der Waals surface area contributed by atoms with Gasteiger partial charge in [0.15, 0.2) is 6.10 Å². The van der Waals surface area contributed by atoms with Crippen molar-refractivity contribution >= 4 is 5.91 Å². The van der Waals surface area contributed by atoms with Gasteiger partial charge >= 0.3 is 0 Å². The highest BCUT2D eigenvalue weighted by Gasteiger charge is 2.19. The minimum Gasteiger partial charge on any atom is -0.496 e. The molecule has 0 aromatic heterocycles. The number of carbonyl (C=O) groups excluding carboxylic acids is 1. The Labute approximate surface area is 137 Å². The van der Waals surface area contributed by atoms with Crippen LogP contribution in [0.3, 0.4) is 0 Å². The molecule has 0 saturated carbocycles. The van der Waals surface area contributed by atoms with Crippen LogP contribution in [0.4, 0.5) is 0 Å². The van der Waals surface area contributed by atoms with Gasteiger partial charge in [-0.1, -0.05) is 36.4 Å². The number of nitrogens with one attached hydrogen (secondary N) is 1. The largest absolute Gasteiger partial charge is 0.496 e. The molecule has 4 nitrogen and oxygen atoms in total. The average Bonchev–Trinajstić information content (AvgIpc) is 2.56. The molecule has 2 unspecified atom stereocenters. The molecule has 23 heavy (non-hydrogen) atoms. The first kappa shape index (κ1) is 16.9. The third-order valence-electron chi connectivity index (χ3n) is 3.73. The number of hydrogen-bond donors (Lipinski definition) is 1. The van der Waals surface area contributed by atoms with Crippen molar-refractivity contribution in [2.45, 2.75) is 32.9 Å². The lowest BCUT2D eigenvalue weighted by Crippen LogP contribution is -2.38. The Kier molecular flexibility index (Phi) is 5.63. The molecule has 122 valence electrons. The number of amides is 1. The van der Waals surface area contributed by atoms with Crippen molar-refractivity contribution in [3.8, 4) is 11.5 Å². The Balaban J connectivity index is 2.02. The fourth-order valence-electron chi connectivity index (χ4n) is 2.37. The van der Waals surface area contributed by atoms with Gasteiger partial charge in [-0.25, -0.2) is 0 Å². The van der Waals surface area contributed by atoms with Crippen molar-refractivity contribution < 1.29 is 14.3 Å². The topological polar surface area (TPSA) is 47.6 Å². The van der Waals surface area contributed by atoms with E-state index in [1.165, 1.54) is 0 Å². The van der Waals surface area contributed by atoms with Crippen LogP contribution in [0, 0.1) is 6.92 Å². The number of hydrogen-bond acceptors (Lipinski definition) is 3. The van der Waals surface area contributed by atoms with Gasteiger partial charge in [0.25, 0.3) is 5.91 Å². The number of ether oxygens (including phenoxy) is 2. The standard InChI is InChI=1S/C19H23NO3/c1-13-9-5-7-11-17(13)23-15(3)19(21)20-14(2)16-10-6-8-12-18(16)22-4/h5-12,14-15H,1-4H3,(H,20,21). The average molecular weight is 313 g/mol. The van der Waals surface area contributed by atoms with E-state index in [1.54, 1.807) is 14.0 Å². The van der Waals surface area contributed by atoms with Crippen LogP contribution in [-0.2, 0) is 4.79 Å². The second kappa shape index (κ2) is 7.68. The van der Waals surface area contributed by atoms with Crippen LogP contribution in [0.15, 0.2) is 48.5 Å². The summed E-state index contributed by atoms with van der Waals surface area (Å²) in [7, 11) is 1.62. The van der Waals surface area contributed by atoms with Crippen molar-refractivity contribution in [3.63, 3.8) is 0 Å². The van der Waals surface area contributed by atoms with Crippen LogP contribution < -0.4 is 14.8 Å². The van der Waals surface area contributed by atoms with Crippen LogP contribution in [0.1, 0.15) is 31.0 Å². The van der Waals surface area contributed by atoms with Gasteiger partial charge in [-0.15, -0.1) is 0 Å². The minimum atomic E-state index is -0.576. The SMILES string of the molecule is COc1ccccc1C(C)NC(=O)C(C)Oc1ccccc1C.